The Morgan fingerprint density at radius 2 is 1.50 bits per heavy atom. The summed E-state index contributed by atoms with van der Waals surface area (Å²) in [5, 5.41) is 8.31. The Kier molecular flexibility index (Phi) is 7.28. The van der Waals surface area contributed by atoms with Gasteiger partial charge in [-0.25, -0.2) is 4.39 Å². The number of hydrogen-bond acceptors (Lipinski definition) is 6. The van der Waals surface area contributed by atoms with Gasteiger partial charge in [0.15, 0.2) is 0 Å². The van der Waals surface area contributed by atoms with Crippen molar-refractivity contribution in [1.29, 1.82) is 0 Å². The van der Waals surface area contributed by atoms with Gasteiger partial charge < -0.3 is 20.1 Å². The molecular weight excluding hydrogens is 482 g/mol. The molecule has 0 aromatic heterocycles. The predicted molar refractivity (Wildman–Crippen MR) is 123 cm³/mol. The highest BCUT2D eigenvalue weighted by atomic mass is 19.4. The van der Waals surface area contributed by atoms with Crippen LogP contribution in [0.4, 0.5) is 28.9 Å². The maximum atomic E-state index is 14.0. The average molecular weight is 503 g/mol. The van der Waals surface area contributed by atoms with Crippen molar-refractivity contribution in [3.8, 4) is 17.2 Å². The minimum Gasteiger partial charge on any atom is -0.457 e. The monoisotopic (exact) mass is 503 g/mol. The van der Waals surface area contributed by atoms with E-state index in [9.17, 15) is 27.2 Å². The largest absolute Gasteiger partial charge is 0.573 e. The molecule has 4 rings (SSSR count). The Morgan fingerprint density at radius 1 is 0.889 bits per heavy atom. The van der Waals surface area contributed by atoms with E-state index < -0.39 is 24.0 Å². The molecule has 0 spiro atoms. The van der Waals surface area contributed by atoms with Crippen molar-refractivity contribution >= 4 is 23.2 Å². The molecule has 0 bridgehead atoms. The normalized spacial score (nSPS) is 15.7. The fourth-order valence-corrected chi connectivity index (χ4v) is 3.51. The van der Waals surface area contributed by atoms with Crippen LogP contribution in [0.2, 0.25) is 0 Å². The van der Waals surface area contributed by atoms with Crippen LogP contribution in [0.3, 0.4) is 0 Å². The highest BCUT2D eigenvalue weighted by molar-refractivity contribution is 6.01. The predicted octanol–water partition coefficient (Wildman–Crippen LogP) is 5.35. The van der Waals surface area contributed by atoms with Crippen LogP contribution in [-0.4, -0.2) is 24.2 Å². The molecule has 1 fully saturated rings. The Labute approximate surface area is 203 Å². The molecule has 1 aliphatic heterocycles. The Hall–Kier alpha value is -4.28. The van der Waals surface area contributed by atoms with E-state index in [2.05, 4.69) is 20.7 Å². The molecule has 3 aromatic carbocycles. The summed E-state index contributed by atoms with van der Waals surface area (Å²) < 4.78 is 60.8. The zero-order valence-corrected chi connectivity index (χ0v) is 18.7. The molecule has 3 N–H and O–H groups in total. The number of hydrogen-bond donors (Lipinski definition) is 3. The molecule has 0 aliphatic carbocycles. The van der Waals surface area contributed by atoms with Crippen LogP contribution in [0, 0.1) is 5.82 Å². The second-order valence-electron chi connectivity index (χ2n) is 7.95. The van der Waals surface area contributed by atoms with Gasteiger partial charge in [0.05, 0.1) is 0 Å². The number of halogens is 4. The number of rotatable bonds is 8. The lowest BCUT2D eigenvalue weighted by molar-refractivity contribution is -0.274. The first-order valence-electron chi connectivity index (χ1n) is 10.9. The van der Waals surface area contributed by atoms with Crippen LogP contribution >= 0.6 is 0 Å². The van der Waals surface area contributed by atoms with E-state index in [1.807, 2.05) is 0 Å². The van der Waals surface area contributed by atoms with Gasteiger partial charge >= 0.3 is 6.36 Å². The summed E-state index contributed by atoms with van der Waals surface area (Å²) in [5.41, 5.74) is 1.32. The molecule has 36 heavy (non-hydrogen) atoms. The molecule has 0 saturated carbocycles. The summed E-state index contributed by atoms with van der Waals surface area (Å²) >= 11 is 0. The fourth-order valence-electron chi connectivity index (χ4n) is 3.51. The number of imide groups is 1. The summed E-state index contributed by atoms with van der Waals surface area (Å²) in [6, 6.07) is 16.0. The molecular formula is C25H21F4N3O4. The highest BCUT2D eigenvalue weighted by Gasteiger charge is 2.31. The van der Waals surface area contributed by atoms with Gasteiger partial charge in [-0.1, -0.05) is 0 Å². The number of benzene rings is 3. The second-order valence-corrected chi connectivity index (χ2v) is 7.95. The average Bonchev–Trinajstić information content (AvgIpc) is 2.82. The number of carbonyl (C=O) groups is 2. The maximum absolute atomic E-state index is 14.0. The van der Waals surface area contributed by atoms with E-state index in [0.29, 0.717) is 29.3 Å². The van der Waals surface area contributed by atoms with Crippen molar-refractivity contribution in [2.45, 2.75) is 31.8 Å². The molecule has 11 heteroatoms. The standard InChI is InChI=1S/C25H21F4N3O4/c26-21-10-9-20(36-25(27,28)29)13-15(21)14-30-16-1-5-18(6-2-16)35-19-7-3-17(4-8-19)31-22-11-12-23(33)32-24(22)34/h1-10,13,22,30-31H,11-12,14H2,(H,32,33,34)/t22-/m0/s1. The first kappa shape index (κ1) is 24.8. The van der Waals surface area contributed by atoms with Crippen LogP contribution in [0.5, 0.6) is 17.2 Å². The van der Waals surface area contributed by atoms with Crippen LogP contribution in [-0.2, 0) is 16.1 Å². The third-order valence-electron chi connectivity index (χ3n) is 5.26. The van der Waals surface area contributed by atoms with Gasteiger partial charge in [-0.3, -0.25) is 14.9 Å². The van der Waals surface area contributed by atoms with E-state index in [1.165, 1.54) is 0 Å². The number of anilines is 2. The quantitative estimate of drug-likeness (QED) is 0.284. The van der Waals surface area contributed by atoms with Crippen molar-refractivity contribution in [3.63, 3.8) is 0 Å². The lowest BCUT2D eigenvalue weighted by Gasteiger charge is -2.22. The number of ether oxygens (including phenoxy) is 2. The summed E-state index contributed by atoms with van der Waals surface area (Å²) in [4.78, 5) is 23.1. The molecule has 2 amide bonds. The molecule has 0 unspecified atom stereocenters. The zero-order chi connectivity index (χ0) is 25.7. The maximum Gasteiger partial charge on any atom is 0.573 e. The smallest absolute Gasteiger partial charge is 0.457 e. The molecule has 1 aliphatic rings. The van der Waals surface area contributed by atoms with Crippen molar-refractivity contribution in [2.75, 3.05) is 10.6 Å². The summed E-state index contributed by atoms with van der Waals surface area (Å²) in [6.07, 6.45) is -4.16. The number of carbonyl (C=O) groups excluding carboxylic acids is 2. The highest BCUT2D eigenvalue weighted by Crippen LogP contribution is 2.27. The van der Waals surface area contributed by atoms with Crippen molar-refractivity contribution in [2.24, 2.45) is 0 Å². The van der Waals surface area contributed by atoms with Crippen LogP contribution in [0.25, 0.3) is 0 Å². The van der Waals surface area contributed by atoms with Gasteiger partial charge in [0.25, 0.3) is 0 Å². The third kappa shape index (κ3) is 6.87. The number of alkyl halides is 3. The van der Waals surface area contributed by atoms with Gasteiger partial charge in [0.1, 0.15) is 29.1 Å². The SMILES string of the molecule is O=C1CC[C@H](Nc2ccc(Oc3ccc(NCc4cc(OC(F)(F)F)ccc4F)cc3)cc2)C(=O)N1. The minimum atomic E-state index is -4.86. The van der Waals surface area contributed by atoms with E-state index in [0.717, 1.165) is 18.2 Å². The Morgan fingerprint density at radius 3 is 2.11 bits per heavy atom. The molecule has 7 nitrogen and oxygen atoms in total. The van der Waals surface area contributed by atoms with E-state index in [4.69, 9.17) is 4.74 Å². The van der Waals surface area contributed by atoms with Gasteiger partial charge in [-0.2, -0.15) is 0 Å². The molecule has 3 aromatic rings. The summed E-state index contributed by atoms with van der Waals surface area (Å²) in [6.45, 7) is -0.0528. The second kappa shape index (κ2) is 10.5. The van der Waals surface area contributed by atoms with Crippen LogP contribution < -0.4 is 25.4 Å². The Balaban J connectivity index is 1.30. The molecule has 1 heterocycles. The van der Waals surface area contributed by atoms with E-state index in [1.54, 1.807) is 48.5 Å². The van der Waals surface area contributed by atoms with Crippen molar-refractivity contribution in [1.82, 2.24) is 5.32 Å². The molecule has 1 saturated heterocycles. The topological polar surface area (TPSA) is 88.7 Å². The van der Waals surface area contributed by atoms with Gasteiger partial charge in [-0.05, 0) is 73.2 Å². The summed E-state index contributed by atoms with van der Waals surface area (Å²) in [7, 11) is 0. The number of amides is 2. The van der Waals surface area contributed by atoms with E-state index >= 15 is 0 Å². The fraction of sp³-hybridized carbons (Fsp3) is 0.200. The molecule has 188 valence electrons. The van der Waals surface area contributed by atoms with E-state index in [-0.39, 0.29) is 30.3 Å². The van der Waals surface area contributed by atoms with Crippen molar-refractivity contribution < 1.29 is 36.6 Å². The first-order valence-corrected chi connectivity index (χ1v) is 10.9. The van der Waals surface area contributed by atoms with Gasteiger partial charge in [0.2, 0.25) is 11.8 Å². The number of piperidine rings is 1. The lowest BCUT2D eigenvalue weighted by Crippen LogP contribution is -2.47. The van der Waals surface area contributed by atoms with Crippen molar-refractivity contribution in [3.05, 3.63) is 78.1 Å². The Bertz CT molecular complexity index is 1230. The molecule has 0 radical (unpaired) electrons. The molecule has 1 atom stereocenters. The minimum absolute atomic E-state index is 0.0167. The number of nitrogens with one attached hydrogen (secondary N) is 3. The third-order valence-corrected chi connectivity index (χ3v) is 5.26. The van der Waals surface area contributed by atoms with Crippen LogP contribution in [0.1, 0.15) is 18.4 Å². The summed E-state index contributed by atoms with van der Waals surface area (Å²) in [5.74, 6) is -0.716. The van der Waals surface area contributed by atoms with Gasteiger partial charge in [0, 0.05) is 29.9 Å². The van der Waals surface area contributed by atoms with Crippen LogP contribution in [0.15, 0.2) is 66.7 Å². The first-order chi connectivity index (χ1) is 17.1. The van der Waals surface area contributed by atoms with Gasteiger partial charge in [-0.15, -0.1) is 13.2 Å². The lowest BCUT2D eigenvalue weighted by atomic mass is 10.1. The zero-order valence-electron chi connectivity index (χ0n) is 18.7.